The molecule has 0 aromatic rings. The van der Waals surface area contributed by atoms with Gasteiger partial charge in [0.25, 0.3) is 0 Å². The Morgan fingerprint density at radius 1 is 1.40 bits per heavy atom. The summed E-state index contributed by atoms with van der Waals surface area (Å²) in [6.07, 6.45) is 1.00. The third-order valence-electron chi connectivity index (χ3n) is 1.49. The molecule has 0 aromatic heterocycles. The summed E-state index contributed by atoms with van der Waals surface area (Å²) in [5, 5.41) is 8.81. The minimum Gasteiger partial charge on any atom is -0.396 e. The Labute approximate surface area is 63.4 Å². The molecule has 62 valence electrons. The zero-order valence-corrected chi connectivity index (χ0v) is 7.22. The van der Waals surface area contributed by atoms with Crippen molar-refractivity contribution in [1.82, 2.24) is 0 Å². The van der Waals surface area contributed by atoms with Crippen LogP contribution in [-0.2, 0) is 0 Å². The van der Waals surface area contributed by atoms with Crippen molar-refractivity contribution in [3.05, 3.63) is 0 Å². The van der Waals surface area contributed by atoms with Gasteiger partial charge in [0.2, 0.25) is 0 Å². The molecule has 1 atom stereocenters. The number of hydrogen-bond acceptors (Lipinski definition) is 2. The van der Waals surface area contributed by atoms with Gasteiger partial charge in [0.1, 0.15) is 0 Å². The third-order valence-corrected chi connectivity index (χ3v) is 1.49. The Bertz CT molecular complexity index is 81.7. The molecule has 0 radical (unpaired) electrons. The zero-order chi connectivity index (χ0) is 8.20. The molecule has 0 spiro atoms. The van der Waals surface area contributed by atoms with Gasteiger partial charge in [-0.2, -0.15) is 0 Å². The molecule has 0 amide bonds. The molecule has 0 saturated carbocycles. The maximum atomic E-state index is 8.81. The third kappa shape index (κ3) is 4.77. The van der Waals surface area contributed by atoms with E-state index in [0.717, 1.165) is 6.42 Å². The van der Waals surface area contributed by atoms with E-state index in [1.54, 1.807) is 0 Å². The molecule has 0 bridgehead atoms. The van der Waals surface area contributed by atoms with Crippen molar-refractivity contribution in [1.29, 1.82) is 0 Å². The van der Waals surface area contributed by atoms with E-state index in [9.17, 15) is 0 Å². The molecule has 3 N–H and O–H groups in total. The van der Waals surface area contributed by atoms with Crippen LogP contribution in [0.15, 0.2) is 0 Å². The van der Waals surface area contributed by atoms with E-state index in [1.807, 2.05) is 0 Å². The molecule has 0 aliphatic carbocycles. The maximum absolute atomic E-state index is 8.81. The van der Waals surface area contributed by atoms with Gasteiger partial charge in [-0.1, -0.05) is 20.8 Å². The summed E-state index contributed by atoms with van der Waals surface area (Å²) >= 11 is 0. The standard InChI is InChI=1S/C8H19NO/c1-8(2,3)4-7(5-9)6-10/h7,10H,4-6,9H2,1-3H3. The second-order valence-corrected chi connectivity index (χ2v) is 4.05. The fourth-order valence-corrected chi connectivity index (χ4v) is 1.09. The Kier molecular flexibility index (Phi) is 3.91. The Hall–Kier alpha value is -0.0800. The number of aliphatic hydroxyl groups is 1. The monoisotopic (exact) mass is 145 g/mol. The van der Waals surface area contributed by atoms with Crippen molar-refractivity contribution in [2.24, 2.45) is 17.1 Å². The largest absolute Gasteiger partial charge is 0.396 e. The second kappa shape index (κ2) is 3.94. The average Bonchev–Trinajstić information content (AvgIpc) is 1.81. The minimum absolute atomic E-state index is 0.216. The van der Waals surface area contributed by atoms with Crippen LogP contribution in [0.2, 0.25) is 0 Å². The quantitative estimate of drug-likeness (QED) is 0.622. The lowest BCUT2D eigenvalue weighted by Gasteiger charge is -2.23. The second-order valence-electron chi connectivity index (χ2n) is 4.05. The van der Waals surface area contributed by atoms with Crippen LogP contribution in [0.3, 0.4) is 0 Å². The predicted molar refractivity (Wildman–Crippen MR) is 43.7 cm³/mol. The zero-order valence-electron chi connectivity index (χ0n) is 7.22. The van der Waals surface area contributed by atoms with Gasteiger partial charge >= 0.3 is 0 Å². The van der Waals surface area contributed by atoms with Crippen LogP contribution >= 0.6 is 0 Å². The molecule has 2 nitrogen and oxygen atoms in total. The summed E-state index contributed by atoms with van der Waals surface area (Å²) in [6.45, 7) is 7.28. The highest BCUT2D eigenvalue weighted by molar-refractivity contribution is 4.68. The molecule has 0 aromatic carbocycles. The van der Waals surface area contributed by atoms with Gasteiger partial charge in [-0.15, -0.1) is 0 Å². The summed E-state index contributed by atoms with van der Waals surface area (Å²) in [6, 6.07) is 0. The lowest BCUT2D eigenvalue weighted by atomic mass is 9.85. The van der Waals surface area contributed by atoms with Crippen LogP contribution in [0.1, 0.15) is 27.2 Å². The molecule has 0 aliphatic heterocycles. The average molecular weight is 145 g/mol. The summed E-state index contributed by atoms with van der Waals surface area (Å²) in [7, 11) is 0. The van der Waals surface area contributed by atoms with Crippen molar-refractivity contribution in [3.63, 3.8) is 0 Å². The molecule has 0 aliphatic rings. The molecule has 0 saturated heterocycles. The first-order valence-corrected chi connectivity index (χ1v) is 3.80. The molecule has 1 unspecified atom stereocenters. The van der Waals surface area contributed by atoms with Crippen LogP contribution in [-0.4, -0.2) is 18.3 Å². The van der Waals surface area contributed by atoms with Gasteiger partial charge in [0.05, 0.1) is 0 Å². The lowest BCUT2D eigenvalue weighted by Crippen LogP contribution is -2.23. The molecule has 2 heteroatoms. The van der Waals surface area contributed by atoms with Crippen molar-refractivity contribution >= 4 is 0 Å². The van der Waals surface area contributed by atoms with E-state index in [1.165, 1.54) is 0 Å². The van der Waals surface area contributed by atoms with E-state index < -0.39 is 0 Å². The lowest BCUT2D eigenvalue weighted by molar-refractivity contribution is 0.183. The molecule has 10 heavy (non-hydrogen) atoms. The van der Waals surface area contributed by atoms with Crippen molar-refractivity contribution in [2.75, 3.05) is 13.2 Å². The first kappa shape index (κ1) is 9.92. The van der Waals surface area contributed by atoms with E-state index in [4.69, 9.17) is 10.8 Å². The highest BCUT2D eigenvalue weighted by Gasteiger charge is 2.16. The number of rotatable bonds is 3. The Morgan fingerprint density at radius 3 is 2.00 bits per heavy atom. The number of hydrogen-bond donors (Lipinski definition) is 2. The van der Waals surface area contributed by atoms with E-state index in [-0.39, 0.29) is 17.9 Å². The Morgan fingerprint density at radius 2 is 1.90 bits per heavy atom. The van der Waals surface area contributed by atoms with Crippen LogP contribution < -0.4 is 5.73 Å². The molecule has 0 fully saturated rings. The van der Waals surface area contributed by atoms with Crippen LogP contribution in [0.5, 0.6) is 0 Å². The fraction of sp³-hybridized carbons (Fsp3) is 1.00. The van der Waals surface area contributed by atoms with Crippen LogP contribution in [0, 0.1) is 11.3 Å². The molecule has 0 heterocycles. The Balaban J connectivity index is 3.63. The van der Waals surface area contributed by atoms with Crippen LogP contribution in [0.25, 0.3) is 0 Å². The van der Waals surface area contributed by atoms with Gasteiger partial charge in [0, 0.05) is 6.61 Å². The van der Waals surface area contributed by atoms with Gasteiger partial charge < -0.3 is 10.8 Å². The minimum atomic E-state index is 0.216. The van der Waals surface area contributed by atoms with Crippen LogP contribution in [0.4, 0.5) is 0 Å². The van der Waals surface area contributed by atoms with Crippen molar-refractivity contribution in [3.8, 4) is 0 Å². The van der Waals surface area contributed by atoms with E-state index >= 15 is 0 Å². The highest BCUT2D eigenvalue weighted by atomic mass is 16.3. The van der Waals surface area contributed by atoms with Gasteiger partial charge in [-0.25, -0.2) is 0 Å². The highest BCUT2D eigenvalue weighted by Crippen LogP contribution is 2.23. The maximum Gasteiger partial charge on any atom is 0.0471 e. The first-order chi connectivity index (χ1) is 4.49. The van der Waals surface area contributed by atoms with Gasteiger partial charge in [-0.3, -0.25) is 0 Å². The number of nitrogens with two attached hydrogens (primary N) is 1. The topological polar surface area (TPSA) is 46.2 Å². The normalized spacial score (nSPS) is 15.3. The van der Waals surface area contributed by atoms with E-state index in [0.29, 0.717) is 6.54 Å². The van der Waals surface area contributed by atoms with Gasteiger partial charge in [-0.05, 0) is 24.3 Å². The molecular weight excluding hydrogens is 126 g/mol. The summed E-state index contributed by atoms with van der Waals surface area (Å²) in [4.78, 5) is 0. The first-order valence-electron chi connectivity index (χ1n) is 3.80. The SMILES string of the molecule is CC(C)(C)CC(CN)CO. The molecule has 0 rings (SSSR count). The predicted octanol–water partition coefficient (Wildman–Crippen LogP) is 0.990. The van der Waals surface area contributed by atoms with Crippen molar-refractivity contribution in [2.45, 2.75) is 27.2 Å². The molecular formula is C8H19NO. The summed E-state index contributed by atoms with van der Waals surface area (Å²) in [5.74, 6) is 0.278. The van der Waals surface area contributed by atoms with Crippen molar-refractivity contribution < 1.29 is 5.11 Å². The summed E-state index contributed by atoms with van der Waals surface area (Å²) in [5.41, 5.74) is 5.71. The number of aliphatic hydroxyl groups excluding tert-OH is 1. The van der Waals surface area contributed by atoms with Gasteiger partial charge in [0.15, 0.2) is 0 Å². The summed E-state index contributed by atoms with van der Waals surface area (Å²) < 4.78 is 0. The smallest absolute Gasteiger partial charge is 0.0471 e. The van der Waals surface area contributed by atoms with E-state index in [2.05, 4.69) is 20.8 Å². The fourth-order valence-electron chi connectivity index (χ4n) is 1.09.